The summed E-state index contributed by atoms with van der Waals surface area (Å²) in [7, 11) is -1.15. The third kappa shape index (κ3) is 3.52. The van der Waals surface area contributed by atoms with Gasteiger partial charge >= 0.3 is 0 Å². The zero-order valence-corrected chi connectivity index (χ0v) is 15.8. The van der Waals surface area contributed by atoms with Crippen LogP contribution in [-0.4, -0.2) is 66.7 Å². The number of likely N-dealkylation sites (N-methyl/N-ethyl adjacent to an activating group) is 1. The van der Waals surface area contributed by atoms with Gasteiger partial charge in [0, 0.05) is 24.8 Å². The smallest absolute Gasteiger partial charge is 0.250 e. The highest BCUT2D eigenvalue weighted by Crippen LogP contribution is 2.40. The van der Waals surface area contributed by atoms with Gasteiger partial charge < -0.3 is 4.74 Å². The highest BCUT2D eigenvalue weighted by molar-refractivity contribution is 7.89. The molecule has 1 aromatic heterocycles. The Morgan fingerprint density at radius 1 is 1.44 bits per heavy atom. The Kier molecular flexibility index (Phi) is 5.05. The Morgan fingerprint density at radius 2 is 2.16 bits per heavy atom. The number of pyridine rings is 1. The second kappa shape index (κ2) is 6.81. The predicted octanol–water partition coefficient (Wildman–Crippen LogP) is 1.73. The maximum atomic E-state index is 13.6. The molecule has 0 aromatic carbocycles. The lowest BCUT2D eigenvalue weighted by Gasteiger charge is -2.58. The number of sulfonamides is 1. The van der Waals surface area contributed by atoms with E-state index < -0.39 is 21.1 Å². The maximum absolute atomic E-state index is 13.6. The molecule has 0 saturated carbocycles. The van der Waals surface area contributed by atoms with E-state index in [1.54, 1.807) is 18.2 Å². The van der Waals surface area contributed by atoms with Gasteiger partial charge in [0.2, 0.25) is 15.9 Å². The average molecular weight is 371 g/mol. The summed E-state index contributed by atoms with van der Waals surface area (Å²) in [5.74, 6) is -0.155. The van der Waals surface area contributed by atoms with Crippen LogP contribution in [0.25, 0.3) is 0 Å². The molecule has 1 atom stereocenters. The Labute approximate surface area is 149 Å². The molecular weight excluding hydrogens is 345 g/mol. The van der Waals surface area contributed by atoms with Crippen LogP contribution in [0.4, 0.5) is 4.39 Å². The van der Waals surface area contributed by atoms with Gasteiger partial charge in [-0.15, -0.1) is 0 Å². The molecule has 2 fully saturated rings. The zero-order chi connectivity index (χ0) is 18.2. The molecule has 0 amide bonds. The van der Waals surface area contributed by atoms with Crippen LogP contribution < -0.4 is 4.74 Å². The lowest BCUT2D eigenvalue weighted by Crippen LogP contribution is -2.73. The van der Waals surface area contributed by atoms with E-state index in [4.69, 9.17) is 4.74 Å². The Morgan fingerprint density at radius 3 is 2.80 bits per heavy atom. The summed E-state index contributed by atoms with van der Waals surface area (Å²) in [5, 5.41) is -0.398. The summed E-state index contributed by atoms with van der Waals surface area (Å²) in [5.41, 5.74) is -0.128. The standard InChI is InChI=1S/C17H26FN3O3S/c1-13(2)25(22,23)21-11-17(12-21)9-14(6-8-20(17)3)10-24-16-15(18)5-4-7-19-16/h4-5,7,13-14H,6,8-12H2,1-3H3/t14-/m1/s1. The van der Waals surface area contributed by atoms with Crippen molar-refractivity contribution in [2.75, 3.05) is 33.3 Å². The van der Waals surface area contributed by atoms with Crippen LogP contribution in [0.15, 0.2) is 18.3 Å². The molecule has 6 nitrogen and oxygen atoms in total. The minimum absolute atomic E-state index is 0.0353. The molecule has 3 heterocycles. The van der Waals surface area contributed by atoms with Gasteiger partial charge in [-0.25, -0.2) is 17.8 Å². The second-order valence-electron chi connectivity index (χ2n) is 7.47. The van der Waals surface area contributed by atoms with Gasteiger partial charge in [-0.1, -0.05) is 0 Å². The number of hydrogen-bond acceptors (Lipinski definition) is 5. The highest BCUT2D eigenvalue weighted by atomic mass is 32.2. The molecule has 25 heavy (non-hydrogen) atoms. The van der Waals surface area contributed by atoms with Gasteiger partial charge in [0.05, 0.1) is 11.9 Å². The van der Waals surface area contributed by atoms with Crippen molar-refractivity contribution < 1.29 is 17.5 Å². The van der Waals surface area contributed by atoms with E-state index in [1.807, 2.05) is 0 Å². The minimum Gasteiger partial charge on any atom is -0.475 e. The molecule has 0 unspecified atom stereocenters. The molecule has 1 spiro atoms. The number of aromatic nitrogens is 1. The van der Waals surface area contributed by atoms with Gasteiger partial charge in [0.25, 0.3) is 0 Å². The predicted molar refractivity (Wildman–Crippen MR) is 93.4 cm³/mol. The van der Waals surface area contributed by atoms with Crippen molar-refractivity contribution >= 4 is 10.0 Å². The summed E-state index contributed by atoms with van der Waals surface area (Å²) < 4.78 is 45.4. The molecule has 0 N–H and O–H groups in total. The molecule has 1 aromatic rings. The first-order valence-corrected chi connectivity index (χ1v) is 10.2. The number of rotatable bonds is 5. The molecule has 2 aliphatic rings. The minimum atomic E-state index is -3.20. The van der Waals surface area contributed by atoms with Crippen LogP contribution in [-0.2, 0) is 10.0 Å². The average Bonchev–Trinajstić information content (AvgIpc) is 2.53. The SMILES string of the molecule is CC(C)S(=O)(=O)N1CC2(C[C@H](COc3ncccc3F)CCN2C)C1. The fourth-order valence-corrected chi connectivity index (χ4v) is 5.12. The van der Waals surface area contributed by atoms with E-state index in [0.717, 1.165) is 19.4 Å². The number of ether oxygens (including phenoxy) is 1. The summed E-state index contributed by atoms with van der Waals surface area (Å²) in [4.78, 5) is 6.18. The van der Waals surface area contributed by atoms with E-state index in [-0.39, 0.29) is 17.3 Å². The Bertz CT molecular complexity index is 720. The van der Waals surface area contributed by atoms with E-state index in [9.17, 15) is 12.8 Å². The van der Waals surface area contributed by atoms with E-state index in [1.165, 1.54) is 18.3 Å². The summed E-state index contributed by atoms with van der Waals surface area (Å²) >= 11 is 0. The molecule has 0 bridgehead atoms. The summed E-state index contributed by atoms with van der Waals surface area (Å²) in [6, 6.07) is 2.87. The van der Waals surface area contributed by atoms with Crippen LogP contribution >= 0.6 is 0 Å². The monoisotopic (exact) mass is 371 g/mol. The molecule has 8 heteroatoms. The number of nitrogens with zero attached hydrogens (tertiary/aromatic N) is 3. The first-order valence-electron chi connectivity index (χ1n) is 8.68. The molecule has 3 rings (SSSR count). The number of hydrogen-bond donors (Lipinski definition) is 0. The van der Waals surface area contributed by atoms with Crippen LogP contribution in [0.3, 0.4) is 0 Å². The second-order valence-corrected chi connectivity index (χ2v) is 9.96. The molecule has 140 valence electrons. The quantitative estimate of drug-likeness (QED) is 0.789. The van der Waals surface area contributed by atoms with Gasteiger partial charge in [-0.3, -0.25) is 4.90 Å². The fourth-order valence-electron chi connectivity index (χ4n) is 3.68. The normalized spacial score (nSPS) is 24.4. The lowest BCUT2D eigenvalue weighted by atomic mass is 9.77. The third-order valence-corrected chi connectivity index (χ3v) is 7.60. The van der Waals surface area contributed by atoms with Crippen molar-refractivity contribution in [3.63, 3.8) is 0 Å². The molecule has 0 aliphatic carbocycles. The van der Waals surface area contributed by atoms with Gasteiger partial charge in [0.1, 0.15) is 0 Å². The van der Waals surface area contributed by atoms with Crippen molar-refractivity contribution in [1.29, 1.82) is 0 Å². The Balaban J connectivity index is 1.61. The zero-order valence-electron chi connectivity index (χ0n) is 15.0. The maximum Gasteiger partial charge on any atom is 0.250 e. The number of piperidine rings is 1. The largest absolute Gasteiger partial charge is 0.475 e. The topological polar surface area (TPSA) is 62.7 Å². The van der Waals surface area contributed by atoms with Crippen LogP contribution in [0, 0.1) is 11.7 Å². The molecular formula is C17H26FN3O3S. The van der Waals surface area contributed by atoms with E-state index >= 15 is 0 Å². The Hall–Kier alpha value is -1.25. The first-order chi connectivity index (χ1) is 11.7. The summed E-state index contributed by atoms with van der Waals surface area (Å²) in [6.45, 7) is 5.76. The van der Waals surface area contributed by atoms with E-state index in [0.29, 0.717) is 19.7 Å². The van der Waals surface area contributed by atoms with Gasteiger partial charge in [-0.05, 0) is 58.3 Å². The van der Waals surface area contributed by atoms with Crippen molar-refractivity contribution in [2.24, 2.45) is 5.92 Å². The third-order valence-electron chi connectivity index (χ3n) is 5.43. The lowest BCUT2D eigenvalue weighted by molar-refractivity contribution is -0.0502. The number of halogens is 1. The first kappa shape index (κ1) is 18.5. The molecule has 0 radical (unpaired) electrons. The molecule has 2 aliphatic heterocycles. The fraction of sp³-hybridized carbons (Fsp3) is 0.706. The van der Waals surface area contributed by atoms with Crippen LogP contribution in [0.1, 0.15) is 26.7 Å². The van der Waals surface area contributed by atoms with Crippen molar-refractivity contribution in [3.05, 3.63) is 24.1 Å². The van der Waals surface area contributed by atoms with Gasteiger partial charge in [-0.2, -0.15) is 4.31 Å². The number of likely N-dealkylation sites (tertiary alicyclic amines) is 1. The van der Waals surface area contributed by atoms with Crippen molar-refractivity contribution in [2.45, 2.75) is 37.5 Å². The van der Waals surface area contributed by atoms with Crippen LogP contribution in [0.2, 0.25) is 0 Å². The van der Waals surface area contributed by atoms with Gasteiger partial charge in [0.15, 0.2) is 5.82 Å². The van der Waals surface area contributed by atoms with Crippen molar-refractivity contribution in [1.82, 2.24) is 14.2 Å². The van der Waals surface area contributed by atoms with E-state index in [2.05, 4.69) is 16.9 Å². The highest BCUT2D eigenvalue weighted by Gasteiger charge is 2.53. The molecule has 2 saturated heterocycles. The van der Waals surface area contributed by atoms with Crippen LogP contribution in [0.5, 0.6) is 5.88 Å². The summed E-state index contributed by atoms with van der Waals surface area (Å²) in [6.07, 6.45) is 3.31. The van der Waals surface area contributed by atoms with Crippen molar-refractivity contribution in [3.8, 4) is 5.88 Å².